The molecule has 1 heterocycles. The highest BCUT2D eigenvalue weighted by Crippen LogP contribution is 2.25. The van der Waals surface area contributed by atoms with Gasteiger partial charge in [0, 0.05) is 17.0 Å². The van der Waals surface area contributed by atoms with Crippen molar-refractivity contribution in [2.45, 2.75) is 16.8 Å². The maximum atomic E-state index is 2.19. The fourth-order valence-electron chi connectivity index (χ4n) is 1.45. The van der Waals surface area contributed by atoms with Gasteiger partial charge in [-0.3, -0.25) is 0 Å². The molecule has 0 saturated heterocycles. The minimum Gasteiger partial charge on any atom is -0.196 e. The Morgan fingerprint density at radius 1 is 1.00 bits per heavy atom. The smallest absolute Gasteiger partial charge is 0.196 e. The Bertz CT molecular complexity index is 480. The normalized spacial score (nSPS) is 10.5. The number of nitrogens with zero attached hydrogens (tertiary/aromatic N) is 1. The minimum atomic E-state index is 1.04. The summed E-state index contributed by atoms with van der Waals surface area (Å²) in [6, 6.07) is 15.0. The van der Waals surface area contributed by atoms with Crippen molar-refractivity contribution in [2.75, 3.05) is 5.08 Å². The molecule has 0 saturated carbocycles. The molecule has 0 unspecified atom stereocenters. The van der Waals surface area contributed by atoms with E-state index in [0.717, 1.165) is 5.08 Å². The highest BCUT2D eigenvalue weighted by molar-refractivity contribution is 8.15. The van der Waals surface area contributed by atoms with E-state index < -0.39 is 0 Å². The van der Waals surface area contributed by atoms with E-state index in [-0.39, 0.29) is 0 Å². The van der Waals surface area contributed by atoms with E-state index in [2.05, 4.69) is 67.2 Å². The fourth-order valence-corrected chi connectivity index (χ4v) is 3.48. The van der Waals surface area contributed by atoms with Gasteiger partial charge in [0.15, 0.2) is 6.20 Å². The molecule has 2 rings (SSSR count). The number of aryl methyl sites for hydroxylation is 2. The lowest BCUT2D eigenvalue weighted by molar-refractivity contribution is -0.708. The quantitative estimate of drug-likeness (QED) is 0.470. The first-order chi connectivity index (χ1) is 8.25. The summed E-state index contributed by atoms with van der Waals surface area (Å²) in [6.07, 6.45) is 2.08. The largest absolute Gasteiger partial charge is 0.240 e. The first-order valence-electron chi connectivity index (χ1n) is 5.52. The van der Waals surface area contributed by atoms with Crippen molar-refractivity contribution < 1.29 is 4.57 Å². The van der Waals surface area contributed by atoms with E-state index in [9.17, 15) is 0 Å². The van der Waals surface area contributed by atoms with Crippen LogP contribution >= 0.6 is 23.5 Å². The monoisotopic (exact) mass is 262 g/mol. The molecule has 1 aromatic heterocycles. The van der Waals surface area contributed by atoms with Crippen LogP contribution in [-0.4, -0.2) is 5.08 Å². The molecular formula is C14H16NS2+. The molecule has 0 atom stereocenters. The highest BCUT2D eigenvalue weighted by Gasteiger charge is 2.05. The predicted octanol–water partition coefficient (Wildman–Crippen LogP) is 3.66. The zero-order valence-electron chi connectivity index (χ0n) is 10.1. The third-order valence-corrected chi connectivity index (χ3v) is 4.73. The van der Waals surface area contributed by atoms with E-state index in [1.54, 1.807) is 0 Å². The van der Waals surface area contributed by atoms with Crippen LogP contribution < -0.4 is 4.57 Å². The summed E-state index contributed by atoms with van der Waals surface area (Å²) in [5.41, 5.74) is 1.32. The van der Waals surface area contributed by atoms with Gasteiger partial charge >= 0.3 is 0 Å². The van der Waals surface area contributed by atoms with Gasteiger partial charge in [-0.15, -0.1) is 11.8 Å². The van der Waals surface area contributed by atoms with Gasteiger partial charge in [0.2, 0.25) is 5.03 Å². The van der Waals surface area contributed by atoms with Crippen LogP contribution in [0.4, 0.5) is 0 Å². The zero-order chi connectivity index (χ0) is 12.1. The maximum Gasteiger partial charge on any atom is 0.240 e. The third-order valence-electron chi connectivity index (χ3n) is 2.46. The molecule has 0 bridgehead atoms. The van der Waals surface area contributed by atoms with E-state index in [0.29, 0.717) is 0 Å². The van der Waals surface area contributed by atoms with E-state index in [4.69, 9.17) is 0 Å². The van der Waals surface area contributed by atoms with Crippen LogP contribution in [0, 0.1) is 6.92 Å². The summed E-state index contributed by atoms with van der Waals surface area (Å²) in [6.45, 7) is 2.12. The highest BCUT2D eigenvalue weighted by atomic mass is 32.2. The molecule has 0 aliphatic carbocycles. The van der Waals surface area contributed by atoms with Crippen molar-refractivity contribution >= 4 is 23.5 Å². The van der Waals surface area contributed by atoms with Crippen LogP contribution in [0.25, 0.3) is 0 Å². The summed E-state index contributed by atoms with van der Waals surface area (Å²) in [5.74, 6) is 0. The van der Waals surface area contributed by atoms with Crippen LogP contribution in [0.3, 0.4) is 0 Å². The SMILES string of the molecule is Cc1ccc(SCSc2cccc[n+]2C)cc1. The molecule has 0 aliphatic rings. The number of hydrogen-bond donors (Lipinski definition) is 0. The molecule has 0 fully saturated rings. The lowest BCUT2D eigenvalue weighted by atomic mass is 10.2. The van der Waals surface area contributed by atoms with Gasteiger partial charge in [-0.2, -0.15) is 4.57 Å². The van der Waals surface area contributed by atoms with Crippen molar-refractivity contribution in [2.24, 2.45) is 7.05 Å². The minimum absolute atomic E-state index is 1.04. The average molecular weight is 262 g/mol. The predicted molar refractivity (Wildman–Crippen MR) is 75.4 cm³/mol. The second kappa shape index (κ2) is 6.12. The summed E-state index contributed by atoms with van der Waals surface area (Å²) in [7, 11) is 2.08. The summed E-state index contributed by atoms with van der Waals surface area (Å²) in [4.78, 5) is 1.33. The third kappa shape index (κ3) is 3.79. The average Bonchev–Trinajstić information content (AvgIpc) is 2.34. The Hall–Kier alpha value is -0.930. The number of benzene rings is 1. The number of thioether (sulfide) groups is 2. The van der Waals surface area contributed by atoms with Gasteiger partial charge in [-0.1, -0.05) is 17.7 Å². The molecule has 88 valence electrons. The molecular weight excluding hydrogens is 246 g/mol. The molecule has 0 spiro atoms. The van der Waals surface area contributed by atoms with Crippen molar-refractivity contribution in [3.05, 3.63) is 54.2 Å². The number of rotatable bonds is 4. The topological polar surface area (TPSA) is 3.88 Å². The van der Waals surface area contributed by atoms with Crippen molar-refractivity contribution in [3.63, 3.8) is 0 Å². The Morgan fingerprint density at radius 3 is 2.47 bits per heavy atom. The fraction of sp³-hybridized carbons (Fsp3) is 0.214. The molecule has 17 heavy (non-hydrogen) atoms. The van der Waals surface area contributed by atoms with Gasteiger partial charge in [-0.05, 0) is 36.9 Å². The number of hydrogen-bond acceptors (Lipinski definition) is 2. The van der Waals surface area contributed by atoms with Gasteiger partial charge in [0.1, 0.15) is 7.05 Å². The Kier molecular flexibility index (Phi) is 4.51. The second-order valence-corrected chi connectivity index (χ2v) is 6.28. The molecule has 2 aromatic rings. The van der Waals surface area contributed by atoms with E-state index >= 15 is 0 Å². The lowest BCUT2D eigenvalue weighted by Gasteiger charge is -2.01. The van der Waals surface area contributed by atoms with Crippen LogP contribution in [0.5, 0.6) is 0 Å². The van der Waals surface area contributed by atoms with Crippen LogP contribution in [-0.2, 0) is 7.05 Å². The molecule has 0 radical (unpaired) electrons. The Labute approximate surface area is 111 Å². The van der Waals surface area contributed by atoms with Crippen LogP contribution in [0.15, 0.2) is 58.6 Å². The standard InChI is InChI=1S/C14H16NS2/c1-12-6-8-13(9-7-12)16-11-17-14-5-3-4-10-15(14)2/h3-10H,11H2,1-2H3/q+1. The lowest BCUT2D eigenvalue weighted by Crippen LogP contribution is -2.29. The number of aromatic nitrogens is 1. The first-order valence-corrected chi connectivity index (χ1v) is 7.50. The van der Waals surface area contributed by atoms with Crippen molar-refractivity contribution in [1.82, 2.24) is 0 Å². The van der Waals surface area contributed by atoms with E-state index in [1.165, 1.54) is 15.5 Å². The number of pyridine rings is 1. The van der Waals surface area contributed by atoms with Gasteiger partial charge in [-0.25, -0.2) is 0 Å². The molecule has 3 heteroatoms. The van der Waals surface area contributed by atoms with Crippen molar-refractivity contribution in [1.29, 1.82) is 0 Å². The zero-order valence-corrected chi connectivity index (χ0v) is 11.7. The van der Waals surface area contributed by atoms with Crippen molar-refractivity contribution in [3.8, 4) is 0 Å². The summed E-state index contributed by atoms with van der Waals surface area (Å²) in [5, 5.41) is 2.34. The van der Waals surface area contributed by atoms with Gasteiger partial charge < -0.3 is 0 Å². The second-order valence-electron chi connectivity index (χ2n) is 3.87. The van der Waals surface area contributed by atoms with E-state index in [1.807, 2.05) is 23.5 Å². The summed E-state index contributed by atoms with van der Waals surface area (Å²) >= 11 is 3.75. The van der Waals surface area contributed by atoms with Crippen LogP contribution in [0.1, 0.15) is 5.56 Å². The maximum absolute atomic E-state index is 2.19. The molecule has 1 aromatic carbocycles. The first kappa shape index (κ1) is 12.5. The molecule has 1 nitrogen and oxygen atoms in total. The van der Waals surface area contributed by atoms with Gasteiger partial charge in [0.25, 0.3) is 0 Å². The molecule has 0 aliphatic heterocycles. The summed E-state index contributed by atoms with van der Waals surface area (Å²) < 4.78 is 2.15. The van der Waals surface area contributed by atoms with Gasteiger partial charge in [0.05, 0.1) is 5.08 Å². The van der Waals surface area contributed by atoms with Crippen LogP contribution in [0.2, 0.25) is 0 Å². The molecule has 0 amide bonds. The Morgan fingerprint density at radius 2 is 1.76 bits per heavy atom. The Balaban J connectivity index is 1.88. The molecule has 0 N–H and O–H groups in total.